The molecule has 2 aromatic heterocycles. The van der Waals surface area contributed by atoms with E-state index >= 15 is 0 Å². The van der Waals surface area contributed by atoms with Crippen molar-refractivity contribution in [2.45, 2.75) is 25.8 Å². The fourth-order valence-electron chi connectivity index (χ4n) is 3.93. The predicted molar refractivity (Wildman–Crippen MR) is 109 cm³/mol. The molecule has 1 saturated heterocycles. The van der Waals surface area contributed by atoms with E-state index in [9.17, 15) is 0 Å². The van der Waals surface area contributed by atoms with Gasteiger partial charge in [-0.1, -0.05) is 59.3 Å². The molecule has 1 fully saturated rings. The molecule has 0 saturated carbocycles. The van der Waals surface area contributed by atoms with Gasteiger partial charge < -0.3 is 4.52 Å². The van der Waals surface area contributed by atoms with Gasteiger partial charge in [0, 0.05) is 30.2 Å². The van der Waals surface area contributed by atoms with E-state index in [1.54, 1.807) is 0 Å². The van der Waals surface area contributed by atoms with Crippen LogP contribution in [0.3, 0.4) is 0 Å². The minimum atomic E-state index is 0.287. The van der Waals surface area contributed by atoms with Crippen LogP contribution in [0.1, 0.15) is 29.4 Å². The van der Waals surface area contributed by atoms with Crippen molar-refractivity contribution >= 4 is 10.9 Å². The fourth-order valence-corrected chi connectivity index (χ4v) is 3.93. The lowest BCUT2D eigenvalue weighted by molar-refractivity contribution is 0.310. The summed E-state index contributed by atoms with van der Waals surface area (Å²) in [4.78, 5) is 11.7. The first kappa shape index (κ1) is 17.1. The molecular formula is C23H22N4O. The Bertz CT molecular complexity index is 1100. The summed E-state index contributed by atoms with van der Waals surface area (Å²) in [7, 11) is 0. The van der Waals surface area contributed by atoms with E-state index in [0.717, 1.165) is 43.0 Å². The van der Waals surface area contributed by atoms with Crippen molar-refractivity contribution in [3.63, 3.8) is 0 Å². The SMILES string of the molecule is Cc1ccc(-c2noc(C3CCN(Cc4cccc5cccnc45)C3)n2)cc1. The molecule has 1 unspecified atom stereocenters. The maximum absolute atomic E-state index is 5.60. The Labute approximate surface area is 164 Å². The molecule has 2 aromatic carbocycles. The number of para-hydroxylation sites is 1. The van der Waals surface area contributed by atoms with Gasteiger partial charge in [-0.25, -0.2) is 0 Å². The highest BCUT2D eigenvalue weighted by atomic mass is 16.5. The van der Waals surface area contributed by atoms with Crippen molar-refractivity contribution in [3.05, 3.63) is 77.8 Å². The molecule has 0 amide bonds. The monoisotopic (exact) mass is 370 g/mol. The Kier molecular flexibility index (Phi) is 4.37. The second-order valence-corrected chi connectivity index (χ2v) is 7.54. The number of hydrogen-bond acceptors (Lipinski definition) is 5. The van der Waals surface area contributed by atoms with Crippen molar-refractivity contribution < 1.29 is 4.52 Å². The van der Waals surface area contributed by atoms with Gasteiger partial charge in [-0.15, -0.1) is 0 Å². The van der Waals surface area contributed by atoms with Crippen LogP contribution in [0.15, 0.2) is 65.3 Å². The molecule has 5 heteroatoms. The smallest absolute Gasteiger partial charge is 0.231 e. The zero-order valence-corrected chi connectivity index (χ0v) is 15.9. The van der Waals surface area contributed by atoms with Crippen molar-refractivity contribution in [1.82, 2.24) is 20.0 Å². The molecule has 1 aliphatic rings. The molecule has 0 aliphatic carbocycles. The van der Waals surface area contributed by atoms with E-state index in [1.807, 2.05) is 24.4 Å². The van der Waals surface area contributed by atoms with E-state index in [4.69, 9.17) is 4.52 Å². The molecule has 140 valence electrons. The highest BCUT2D eigenvalue weighted by Gasteiger charge is 2.28. The minimum absolute atomic E-state index is 0.287. The second kappa shape index (κ2) is 7.17. The minimum Gasteiger partial charge on any atom is -0.339 e. The summed E-state index contributed by atoms with van der Waals surface area (Å²) in [6.07, 6.45) is 2.90. The van der Waals surface area contributed by atoms with E-state index in [2.05, 4.69) is 63.3 Å². The summed E-state index contributed by atoms with van der Waals surface area (Å²) >= 11 is 0. The largest absolute Gasteiger partial charge is 0.339 e. The number of hydrogen-bond donors (Lipinski definition) is 0. The zero-order chi connectivity index (χ0) is 18.9. The average Bonchev–Trinajstić information content (AvgIpc) is 3.39. The van der Waals surface area contributed by atoms with Crippen molar-refractivity contribution in [3.8, 4) is 11.4 Å². The number of fused-ring (bicyclic) bond motifs is 1. The van der Waals surface area contributed by atoms with Gasteiger partial charge in [0.25, 0.3) is 0 Å². The number of pyridine rings is 1. The third-order valence-corrected chi connectivity index (χ3v) is 5.48. The lowest BCUT2D eigenvalue weighted by atomic mass is 10.1. The summed E-state index contributed by atoms with van der Waals surface area (Å²) in [5.74, 6) is 1.70. The number of likely N-dealkylation sites (tertiary alicyclic amines) is 1. The summed E-state index contributed by atoms with van der Waals surface area (Å²) < 4.78 is 5.60. The molecule has 4 aromatic rings. The van der Waals surface area contributed by atoms with Crippen molar-refractivity contribution in [2.24, 2.45) is 0 Å². The molecule has 0 N–H and O–H groups in total. The summed E-state index contributed by atoms with van der Waals surface area (Å²) in [6, 6.07) is 18.7. The average molecular weight is 370 g/mol. The number of aromatic nitrogens is 3. The quantitative estimate of drug-likeness (QED) is 0.526. The van der Waals surface area contributed by atoms with Gasteiger partial charge in [-0.2, -0.15) is 4.98 Å². The molecule has 0 bridgehead atoms. The van der Waals surface area contributed by atoms with Crippen molar-refractivity contribution in [2.75, 3.05) is 13.1 Å². The van der Waals surface area contributed by atoms with Crippen LogP contribution in [-0.2, 0) is 6.54 Å². The summed E-state index contributed by atoms with van der Waals surface area (Å²) in [6.45, 7) is 4.92. The Morgan fingerprint density at radius 3 is 2.82 bits per heavy atom. The maximum atomic E-state index is 5.60. The van der Waals surface area contributed by atoms with Gasteiger partial charge in [0.1, 0.15) is 0 Å². The third kappa shape index (κ3) is 3.29. The normalized spacial score (nSPS) is 17.4. The van der Waals surface area contributed by atoms with Crippen LogP contribution >= 0.6 is 0 Å². The maximum Gasteiger partial charge on any atom is 0.231 e. The Morgan fingerprint density at radius 1 is 1.07 bits per heavy atom. The number of rotatable bonds is 4. The first-order valence-electron chi connectivity index (χ1n) is 9.72. The lowest BCUT2D eigenvalue weighted by Gasteiger charge is -2.16. The lowest BCUT2D eigenvalue weighted by Crippen LogP contribution is -2.20. The fraction of sp³-hybridized carbons (Fsp3) is 0.261. The number of aryl methyl sites for hydroxylation is 1. The molecule has 28 heavy (non-hydrogen) atoms. The molecule has 3 heterocycles. The van der Waals surface area contributed by atoms with Crippen LogP contribution in [0, 0.1) is 6.92 Å². The van der Waals surface area contributed by atoms with Crippen LogP contribution in [-0.4, -0.2) is 33.1 Å². The Balaban J connectivity index is 1.30. The third-order valence-electron chi connectivity index (χ3n) is 5.48. The van der Waals surface area contributed by atoms with E-state index < -0.39 is 0 Å². The van der Waals surface area contributed by atoms with E-state index in [0.29, 0.717) is 5.82 Å². The topological polar surface area (TPSA) is 55.1 Å². The van der Waals surface area contributed by atoms with Gasteiger partial charge >= 0.3 is 0 Å². The molecule has 1 atom stereocenters. The predicted octanol–water partition coefficient (Wildman–Crippen LogP) is 4.58. The number of benzene rings is 2. The van der Waals surface area contributed by atoms with Gasteiger partial charge in [-0.05, 0) is 31.5 Å². The molecule has 1 aliphatic heterocycles. The highest BCUT2D eigenvalue weighted by Crippen LogP contribution is 2.29. The van der Waals surface area contributed by atoms with Gasteiger partial charge in [0.2, 0.25) is 11.7 Å². The number of nitrogens with zero attached hydrogens (tertiary/aromatic N) is 4. The van der Waals surface area contributed by atoms with Gasteiger partial charge in [0.05, 0.1) is 11.4 Å². The highest BCUT2D eigenvalue weighted by molar-refractivity contribution is 5.81. The Hall–Kier alpha value is -3.05. The molecular weight excluding hydrogens is 348 g/mol. The molecule has 0 radical (unpaired) electrons. The summed E-state index contributed by atoms with van der Waals surface area (Å²) in [5, 5.41) is 5.39. The van der Waals surface area contributed by atoms with Crippen LogP contribution in [0.5, 0.6) is 0 Å². The standard InChI is InChI=1S/C23H22N4O/c1-16-7-9-18(10-8-16)22-25-23(28-26-22)20-11-13-27(15-20)14-19-5-2-4-17-6-3-12-24-21(17)19/h2-10,12,20H,11,13-15H2,1H3. The first-order valence-corrected chi connectivity index (χ1v) is 9.72. The van der Waals surface area contributed by atoms with Crippen LogP contribution in [0.4, 0.5) is 0 Å². The first-order chi connectivity index (χ1) is 13.8. The van der Waals surface area contributed by atoms with Crippen LogP contribution < -0.4 is 0 Å². The second-order valence-electron chi connectivity index (χ2n) is 7.54. The van der Waals surface area contributed by atoms with Gasteiger partial charge in [0.15, 0.2) is 0 Å². The van der Waals surface area contributed by atoms with Crippen molar-refractivity contribution in [1.29, 1.82) is 0 Å². The molecule has 5 rings (SSSR count). The zero-order valence-electron chi connectivity index (χ0n) is 15.9. The summed E-state index contributed by atoms with van der Waals surface area (Å²) in [5.41, 5.74) is 4.58. The van der Waals surface area contributed by atoms with Crippen LogP contribution in [0.25, 0.3) is 22.3 Å². The Morgan fingerprint density at radius 2 is 1.93 bits per heavy atom. The van der Waals surface area contributed by atoms with Crippen LogP contribution in [0.2, 0.25) is 0 Å². The molecule has 5 nitrogen and oxygen atoms in total. The molecule has 0 spiro atoms. The van der Waals surface area contributed by atoms with E-state index in [-0.39, 0.29) is 5.92 Å². The van der Waals surface area contributed by atoms with Gasteiger partial charge in [-0.3, -0.25) is 9.88 Å². The van der Waals surface area contributed by atoms with E-state index in [1.165, 1.54) is 16.5 Å².